The van der Waals surface area contributed by atoms with Crippen LogP contribution in [0, 0.1) is 0 Å². The molecule has 1 aliphatic rings. The van der Waals surface area contributed by atoms with Crippen molar-refractivity contribution in [2.75, 3.05) is 6.54 Å². The number of rotatable bonds is 5. The largest absolute Gasteiger partial charge is 0.573 e. The fourth-order valence-corrected chi connectivity index (χ4v) is 3.29. The average molecular weight is 420 g/mol. The van der Waals surface area contributed by atoms with Crippen molar-refractivity contribution < 1.29 is 32.2 Å². The number of hydrogen-bond donors (Lipinski definition) is 2. The Labute approximate surface area is 166 Å². The predicted octanol–water partition coefficient (Wildman–Crippen LogP) is 3.51. The van der Waals surface area contributed by atoms with Gasteiger partial charge >= 0.3 is 12.5 Å². The van der Waals surface area contributed by atoms with Gasteiger partial charge in [-0.25, -0.2) is 4.79 Å². The maximum Gasteiger partial charge on any atom is 0.573 e. The Bertz CT molecular complexity index is 706. The van der Waals surface area contributed by atoms with Crippen LogP contribution in [0.5, 0.6) is 5.75 Å². The Morgan fingerprint density at radius 3 is 2.43 bits per heavy atom. The number of carbonyl (C=O) groups is 2. The minimum Gasteiger partial charge on any atom is -0.444 e. The molecule has 0 bridgehead atoms. The van der Waals surface area contributed by atoms with Gasteiger partial charge < -0.3 is 9.47 Å². The SMILES string of the molecule is CC(C)(C)OC(=O)N1C[C@@H](S)C[C@]1(C=O)NCc1ccc(OC(F)(F)F)cc1. The molecule has 1 heterocycles. The van der Waals surface area contributed by atoms with Crippen LogP contribution in [-0.4, -0.2) is 46.7 Å². The smallest absolute Gasteiger partial charge is 0.444 e. The number of hydrogen-bond acceptors (Lipinski definition) is 6. The number of nitrogens with zero attached hydrogens (tertiary/aromatic N) is 1. The number of ether oxygens (including phenoxy) is 2. The summed E-state index contributed by atoms with van der Waals surface area (Å²) < 4.78 is 45.9. The van der Waals surface area contributed by atoms with Gasteiger partial charge in [-0.2, -0.15) is 12.6 Å². The third-order valence-corrected chi connectivity index (χ3v) is 4.33. The van der Waals surface area contributed by atoms with Crippen molar-refractivity contribution in [3.8, 4) is 5.75 Å². The molecule has 6 nitrogen and oxygen atoms in total. The monoisotopic (exact) mass is 420 g/mol. The minimum atomic E-state index is -4.76. The third kappa shape index (κ3) is 6.03. The van der Waals surface area contributed by atoms with Gasteiger partial charge in [0.1, 0.15) is 11.4 Å². The van der Waals surface area contributed by atoms with E-state index in [1.807, 2.05) is 0 Å². The Morgan fingerprint density at radius 1 is 1.32 bits per heavy atom. The first-order valence-electron chi connectivity index (χ1n) is 8.58. The Hall–Kier alpha value is -1.94. The molecule has 2 atom stereocenters. The minimum absolute atomic E-state index is 0.144. The van der Waals surface area contributed by atoms with Crippen LogP contribution in [-0.2, 0) is 16.1 Å². The van der Waals surface area contributed by atoms with E-state index in [0.717, 1.165) is 0 Å². The summed E-state index contributed by atoms with van der Waals surface area (Å²) in [5.41, 5.74) is -1.42. The summed E-state index contributed by atoms with van der Waals surface area (Å²) in [6, 6.07) is 5.24. The summed E-state index contributed by atoms with van der Waals surface area (Å²) in [5, 5.41) is 2.79. The summed E-state index contributed by atoms with van der Waals surface area (Å²) >= 11 is 4.39. The van der Waals surface area contributed by atoms with Gasteiger partial charge in [0.25, 0.3) is 0 Å². The fraction of sp³-hybridized carbons (Fsp3) is 0.556. The second-order valence-corrected chi connectivity index (χ2v) is 8.27. The fourth-order valence-electron chi connectivity index (χ4n) is 2.85. The van der Waals surface area contributed by atoms with Crippen molar-refractivity contribution in [1.82, 2.24) is 10.2 Å². The first kappa shape index (κ1) is 22.4. The van der Waals surface area contributed by atoms with E-state index in [1.54, 1.807) is 20.8 Å². The van der Waals surface area contributed by atoms with Crippen molar-refractivity contribution in [1.29, 1.82) is 0 Å². The lowest BCUT2D eigenvalue weighted by molar-refractivity contribution is -0.274. The molecule has 0 radical (unpaired) electrons. The zero-order valence-electron chi connectivity index (χ0n) is 15.7. The maximum absolute atomic E-state index is 12.5. The maximum atomic E-state index is 12.5. The van der Waals surface area contributed by atoms with Gasteiger partial charge in [-0.05, 0) is 38.5 Å². The quantitative estimate of drug-likeness (QED) is 0.564. The number of aldehydes is 1. The van der Waals surface area contributed by atoms with Crippen LogP contribution in [0.25, 0.3) is 0 Å². The molecule has 1 fully saturated rings. The van der Waals surface area contributed by atoms with E-state index in [0.29, 0.717) is 11.8 Å². The molecular weight excluding hydrogens is 397 g/mol. The van der Waals surface area contributed by atoms with Crippen LogP contribution in [0.2, 0.25) is 0 Å². The first-order chi connectivity index (χ1) is 12.8. The molecular formula is C18H23F3N2O4S. The molecule has 0 spiro atoms. The lowest BCUT2D eigenvalue weighted by Gasteiger charge is -2.35. The number of likely N-dealkylation sites (tertiary alicyclic amines) is 1. The molecule has 28 heavy (non-hydrogen) atoms. The topological polar surface area (TPSA) is 67.9 Å². The van der Waals surface area contributed by atoms with E-state index in [4.69, 9.17) is 4.74 Å². The molecule has 1 amide bonds. The molecule has 0 unspecified atom stereocenters. The number of amides is 1. The van der Waals surface area contributed by atoms with Crippen molar-refractivity contribution in [3.05, 3.63) is 29.8 Å². The van der Waals surface area contributed by atoms with Gasteiger partial charge in [0, 0.05) is 24.8 Å². The van der Waals surface area contributed by atoms with Gasteiger partial charge in [0.15, 0.2) is 11.9 Å². The molecule has 156 valence electrons. The van der Waals surface area contributed by atoms with E-state index >= 15 is 0 Å². The first-order valence-corrected chi connectivity index (χ1v) is 9.10. The molecule has 0 aromatic heterocycles. The van der Waals surface area contributed by atoms with Crippen LogP contribution in [0.15, 0.2) is 24.3 Å². The van der Waals surface area contributed by atoms with E-state index in [1.165, 1.54) is 29.2 Å². The van der Waals surface area contributed by atoms with Gasteiger partial charge in [0.05, 0.1) is 0 Å². The van der Waals surface area contributed by atoms with Crippen LogP contribution < -0.4 is 10.1 Å². The third-order valence-electron chi connectivity index (χ3n) is 3.99. The van der Waals surface area contributed by atoms with Gasteiger partial charge in [-0.1, -0.05) is 12.1 Å². The molecule has 1 saturated heterocycles. The molecule has 1 aliphatic heterocycles. The zero-order chi connectivity index (χ0) is 21.2. The average Bonchev–Trinajstić information content (AvgIpc) is 2.89. The molecule has 1 aromatic rings. The number of nitrogens with one attached hydrogen (secondary N) is 1. The van der Waals surface area contributed by atoms with E-state index in [9.17, 15) is 22.8 Å². The second kappa shape index (κ2) is 8.20. The van der Waals surface area contributed by atoms with Crippen molar-refractivity contribution in [2.45, 2.75) is 56.6 Å². The number of alkyl halides is 3. The summed E-state index contributed by atoms with van der Waals surface area (Å²) in [6.45, 7) is 5.53. The summed E-state index contributed by atoms with van der Waals surface area (Å²) in [6.07, 6.45) is -4.50. The Kier molecular flexibility index (Phi) is 6.55. The van der Waals surface area contributed by atoms with Crippen LogP contribution in [0.4, 0.5) is 18.0 Å². The molecule has 2 rings (SSSR count). The summed E-state index contributed by atoms with van der Waals surface area (Å²) in [5.74, 6) is -0.340. The molecule has 0 saturated carbocycles. The summed E-state index contributed by atoms with van der Waals surface area (Å²) in [4.78, 5) is 25.7. The van der Waals surface area contributed by atoms with Crippen LogP contribution in [0.1, 0.15) is 32.8 Å². The number of carbonyl (C=O) groups excluding carboxylic acids is 2. The molecule has 1 N–H and O–H groups in total. The van der Waals surface area contributed by atoms with Crippen molar-refractivity contribution >= 4 is 25.0 Å². The van der Waals surface area contributed by atoms with E-state index < -0.39 is 23.7 Å². The lowest BCUT2D eigenvalue weighted by Crippen LogP contribution is -2.59. The second-order valence-electron chi connectivity index (χ2n) is 7.54. The summed E-state index contributed by atoms with van der Waals surface area (Å²) in [7, 11) is 0. The lowest BCUT2D eigenvalue weighted by atomic mass is 10.1. The Morgan fingerprint density at radius 2 is 1.93 bits per heavy atom. The van der Waals surface area contributed by atoms with Gasteiger partial charge in [0.2, 0.25) is 0 Å². The normalized spacial score (nSPS) is 22.8. The number of benzene rings is 1. The highest BCUT2D eigenvalue weighted by Crippen LogP contribution is 2.31. The highest BCUT2D eigenvalue weighted by atomic mass is 32.1. The van der Waals surface area contributed by atoms with Gasteiger partial charge in [-0.15, -0.1) is 13.2 Å². The molecule has 10 heteroatoms. The number of halogens is 3. The van der Waals surface area contributed by atoms with E-state index in [2.05, 4.69) is 22.7 Å². The van der Waals surface area contributed by atoms with Crippen LogP contribution in [0.3, 0.4) is 0 Å². The van der Waals surface area contributed by atoms with Gasteiger partial charge in [-0.3, -0.25) is 15.0 Å². The highest BCUT2D eigenvalue weighted by molar-refractivity contribution is 7.81. The predicted molar refractivity (Wildman–Crippen MR) is 99.1 cm³/mol. The number of thiol groups is 1. The highest BCUT2D eigenvalue weighted by Gasteiger charge is 2.48. The van der Waals surface area contributed by atoms with Crippen LogP contribution >= 0.6 is 12.6 Å². The van der Waals surface area contributed by atoms with E-state index in [-0.39, 0.29) is 30.5 Å². The zero-order valence-corrected chi connectivity index (χ0v) is 16.6. The molecule has 1 aromatic carbocycles. The molecule has 0 aliphatic carbocycles. The van der Waals surface area contributed by atoms with Crippen molar-refractivity contribution in [3.63, 3.8) is 0 Å². The van der Waals surface area contributed by atoms with Crippen molar-refractivity contribution in [2.24, 2.45) is 0 Å². The standard InChI is InChI=1S/C18H23F3N2O4S/c1-16(2,3)27-15(25)23-10-14(28)8-17(23,11-24)22-9-12-4-6-13(7-5-12)26-18(19,20)21/h4-7,11,14,22,28H,8-10H2,1-3H3/t14-,17-/m0/s1. The Balaban J connectivity index is 2.10.